The van der Waals surface area contributed by atoms with Crippen molar-refractivity contribution in [3.63, 3.8) is 0 Å². The third-order valence-electron chi connectivity index (χ3n) is 5.72. The van der Waals surface area contributed by atoms with Gasteiger partial charge < -0.3 is 10.6 Å². The molecule has 0 aliphatic carbocycles. The molecule has 2 aliphatic heterocycles. The van der Waals surface area contributed by atoms with Crippen molar-refractivity contribution < 1.29 is 0 Å². The lowest BCUT2D eigenvalue weighted by atomic mass is 9.91. The summed E-state index contributed by atoms with van der Waals surface area (Å²) in [6, 6.07) is 18.1. The average Bonchev–Trinajstić information content (AvgIpc) is 3.02. The zero-order valence-electron chi connectivity index (χ0n) is 15.2. The molecule has 2 unspecified atom stereocenters. The number of nitrogens with two attached hydrogens (primary N) is 1. The quantitative estimate of drug-likeness (QED) is 0.914. The summed E-state index contributed by atoms with van der Waals surface area (Å²) in [5.41, 5.74) is 12.5. The van der Waals surface area contributed by atoms with Gasteiger partial charge in [0.15, 0.2) is 0 Å². The topological polar surface area (TPSA) is 32.5 Å². The molecule has 0 saturated carbocycles. The smallest absolute Gasteiger partial charge is 0.0608 e. The number of hydrogen-bond acceptors (Lipinski definition) is 3. The first-order valence-corrected chi connectivity index (χ1v) is 9.17. The molecule has 3 nitrogen and oxygen atoms in total. The summed E-state index contributed by atoms with van der Waals surface area (Å²) < 4.78 is 0. The van der Waals surface area contributed by atoms with Crippen molar-refractivity contribution in [3.05, 3.63) is 76.9 Å². The van der Waals surface area contributed by atoms with Gasteiger partial charge in [0.2, 0.25) is 0 Å². The van der Waals surface area contributed by atoms with Crippen LogP contribution in [0.2, 0.25) is 0 Å². The summed E-state index contributed by atoms with van der Waals surface area (Å²) in [6.45, 7) is 3.24. The van der Waals surface area contributed by atoms with Gasteiger partial charge in [0, 0.05) is 24.4 Å². The molecule has 0 bridgehead atoms. The third-order valence-corrected chi connectivity index (χ3v) is 5.72. The van der Waals surface area contributed by atoms with Crippen LogP contribution < -0.4 is 5.73 Å². The summed E-state index contributed by atoms with van der Waals surface area (Å²) >= 11 is 0. The van der Waals surface area contributed by atoms with Gasteiger partial charge in [-0.2, -0.15) is 0 Å². The van der Waals surface area contributed by atoms with Crippen molar-refractivity contribution in [1.82, 2.24) is 9.80 Å². The van der Waals surface area contributed by atoms with Gasteiger partial charge in [0.25, 0.3) is 0 Å². The molecule has 0 spiro atoms. The molecule has 3 heteroatoms. The summed E-state index contributed by atoms with van der Waals surface area (Å²) in [6.07, 6.45) is 3.39. The van der Waals surface area contributed by atoms with Gasteiger partial charge >= 0.3 is 0 Å². The summed E-state index contributed by atoms with van der Waals surface area (Å²) in [5, 5.41) is 0. The van der Waals surface area contributed by atoms with Crippen molar-refractivity contribution in [2.45, 2.75) is 18.4 Å². The standard InChI is InChI=1S/C22H27N3/c1-24-13-11-18(15-24)16-7-9-17(10-8-16)22-20-6-4-3-5-19(20)21(23)12-14-25(22)2/h3-10,12,18,22H,11,13-15,23H2,1-2H3. The van der Waals surface area contributed by atoms with Gasteiger partial charge in [-0.3, -0.25) is 4.90 Å². The van der Waals surface area contributed by atoms with Crippen LogP contribution in [0.15, 0.2) is 54.6 Å². The molecule has 2 N–H and O–H groups in total. The molecule has 2 atom stereocenters. The highest BCUT2D eigenvalue weighted by Crippen LogP contribution is 2.35. The first-order chi connectivity index (χ1) is 12.1. The Morgan fingerprint density at radius 2 is 1.68 bits per heavy atom. The molecule has 0 aromatic heterocycles. The van der Waals surface area contributed by atoms with Crippen LogP contribution in [0.5, 0.6) is 0 Å². The molecule has 2 aromatic carbocycles. The van der Waals surface area contributed by atoms with Crippen LogP contribution in [-0.4, -0.2) is 43.5 Å². The van der Waals surface area contributed by atoms with Crippen molar-refractivity contribution in [2.24, 2.45) is 5.73 Å². The predicted molar refractivity (Wildman–Crippen MR) is 104 cm³/mol. The Labute approximate surface area is 150 Å². The van der Waals surface area contributed by atoms with Crippen molar-refractivity contribution in [2.75, 3.05) is 33.7 Å². The van der Waals surface area contributed by atoms with Crippen LogP contribution in [0, 0.1) is 0 Å². The fourth-order valence-corrected chi connectivity index (χ4v) is 4.29. The fourth-order valence-electron chi connectivity index (χ4n) is 4.29. The molecule has 130 valence electrons. The highest BCUT2D eigenvalue weighted by atomic mass is 15.1. The van der Waals surface area contributed by atoms with Gasteiger partial charge in [-0.05, 0) is 55.7 Å². The molecule has 0 amide bonds. The molecule has 2 heterocycles. The SMILES string of the molecule is CN1CCC(c2ccc(C3c4ccccc4C(N)=CCN3C)cc2)C1. The Hall–Kier alpha value is -2.10. The van der Waals surface area contributed by atoms with E-state index in [2.05, 4.69) is 78.5 Å². The van der Waals surface area contributed by atoms with E-state index in [0.29, 0.717) is 5.92 Å². The van der Waals surface area contributed by atoms with Crippen LogP contribution in [0.4, 0.5) is 0 Å². The van der Waals surface area contributed by atoms with Gasteiger partial charge in [-0.25, -0.2) is 0 Å². The molecule has 25 heavy (non-hydrogen) atoms. The van der Waals surface area contributed by atoms with Gasteiger partial charge in [0.1, 0.15) is 0 Å². The van der Waals surface area contributed by atoms with E-state index in [9.17, 15) is 0 Å². The maximum atomic E-state index is 6.30. The van der Waals surface area contributed by atoms with E-state index in [1.165, 1.54) is 41.8 Å². The second kappa shape index (κ2) is 6.66. The van der Waals surface area contributed by atoms with E-state index in [1.807, 2.05) is 0 Å². The number of rotatable bonds is 2. The van der Waals surface area contributed by atoms with Crippen LogP contribution in [0.1, 0.15) is 40.6 Å². The molecular formula is C22H27N3. The van der Waals surface area contributed by atoms with E-state index in [1.54, 1.807) is 0 Å². The van der Waals surface area contributed by atoms with Gasteiger partial charge in [-0.1, -0.05) is 48.5 Å². The lowest BCUT2D eigenvalue weighted by Crippen LogP contribution is -2.25. The Kier molecular flexibility index (Phi) is 4.36. The monoisotopic (exact) mass is 333 g/mol. The number of likely N-dealkylation sites (N-methyl/N-ethyl adjacent to an activating group) is 2. The number of nitrogens with zero attached hydrogens (tertiary/aromatic N) is 2. The fraction of sp³-hybridized carbons (Fsp3) is 0.364. The number of hydrogen-bond donors (Lipinski definition) is 1. The summed E-state index contributed by atoms with van der Waals surface area (Å²) in [4.78, 5) is 4.79. The van der Waals surface area contributed by atoms with E-state index >= 15 is 0 Å². The third kappa shape index (κ3) is 3.10. The first-order valence-electron chi connectivity index (χ1n) is 9.17. The second-order valence-corrected chi connectivity index (χ2v) is 7.50. The first kappa shape index (κ1) is 16.4. The number of fused-ring (bicyclic) bond motifs is 1. The van der Waals surface area contributed by atoms with Crippen molar-refractivity contribution >= 4 is 5.70 Å². The highest BCUT2D eigenvalue weighted by Gasteiger charge is 2.25. The Morgan fingerprint density at radius 3 is 2.40 bits per heavy atom. The average molecular weight is 333 g/mol. The van der Waals surface area contributed by atoms with Crippen LogP contribution in [0.3, 0.4) is 0 Å². The molecule has 4 rings (SSSR count). The van der Waals surface area contributed by atoms with E-state index in [4.69, 9.17) is 5.73 Å². The Balaban J connectivity index is 1.68. The number of benzene rings is 2. The van der Waals surface area contributed by atoms with Crippen LogP contribution >= 0.6 is 0 Å². The maximum absolute atomic E-state index is 6.30. The normalized spacial score (nSPS) is 24.6. The molecule has 0 radical (unpaired) electrons. The van der Waals surface area contributed by atoms with Crippen molar-refractivity contribution in [3.8, 4) is 0 Å². The zero-order valence-corrected chi connectivity index (χ0v) is 15.2. The predicted octanol–water partition coefficient (Wildman–Crippen LogP) is 3.44. The lowest BCUT2D eigenvalue weighted by Gasteiger charge is -2.28. The minimum absolute atomic E-state index is 0.244. The van der Waals surface area contributed by atoms with Crippen LogP contribution in [-0.2, 0) is 0 Å². The Bertz CT molecular complexity index is 778. The minimum atomic E-state index is 0.244. The molecule has 1 fully saturated rings. The number of likely N-dealkylation sites (tertiary alicyclic amines) is 1. The molecule has 1 saturated heterocycles. The molecule has 2 aromatic rings. The Morgan fingerprint density at radius 1 is 0.960 bits per heavy atom. The summed E-state index contributed by atoms with van der Waals surface area (Å²) in [7, 11) is 4.39. The van der Waals surface area contributed by atoms with Crippen LogP contribution in [0.25, 0.3) is 5.70 Å². The van der Waals surface area contributed by atoms with Crippen molar-refractivity contribution in [1.29, 1.82) is 0 Å². The zero-order chi connectivity index (χ0) is 17.4. The van der Waals surface area contributed by atoms with Gasteiger partial charge in [0.05, 0.1) is 6.04 Å². The second-order valence-electron chi connectivity index (χ2n) is 7.50. The maximum Gasteiger partial charge on any atom is 0.0608 e. The van der Waals surface area contributed by atoms with E-state index in [-0.39, 0.29) is 6.04 Å². The summed E-state index contributed by atoms with van der Waals surface area (Å²) in [5.74, 6) is 0.676. The lowest BCUT2D eigenvalue weighted by molar-refractivity contribution is 0.311. The molecule has 2 aliphatic rings. The van der Waals surface area contributed by atoms with E-state index in [0.717, 1.165) is 12.2 Å². The largest absolute Gasteiger partial charge is 0.398 e. The highest BCUT2D eigenvalue weighted by molar-refractivity contribution is 5.68. The molecular weight excluding hydrogens is 306 g/mol. The minimum Gasteiger partial charge on any atom is -0.398 e. The van der Waals surface area contributed by atoms with E-state index < -0.39 is 0 Å². The van der Waals surface area contributed by atoms with Gasteiger partial charge in [-0.15, -0.1) is 0 Å².